The van der Waals surface area contributed by atoms with Gasteiger partial charge in [-0.15, -0.1) is 11.3 Å². The molecule has 160 valence electrons. The summed E-state index contributed by atoms with van der Waals surface area (Å²) in [5.74, 6) is -0.937. The van der Waals surface area contributed by atoms with E-state index in [2.05, 4.69) is 5.32 Å². The molecule has 7 nitrogen and oxygen atoms in total. The van der Waals surface area contributed by atoms with E-state index in [9.17, 15) is 18.8 Å². The Hall–Kier alpha value is -3.46. The van der Waals surface area contributed by atoms with Crippen molar-refractivity contribution in [2.24, 2.45) is 0 Å². The Labute approximate surface area is 182 Å². The van der Waals surface area contributed by atoms with Crippen molar-refractivity contribution in [3.8, 4) is 0 Å². The quantitative estimate of drug-likeness (QED) is 0.608. The van der Waals surface area contributed by atoms with E-state index in [1.165, 1.54) is 30.6 Å². The third kappa shape index (κ3) is 4.51. The van der Waals surface area contributed by atoms with E-state index >= 15 is 0 Å². The van der Waals surface area contributed by atoms with Crippen LogP contribution in [0.15, 0.2) is 53.1 Å². The van der Waals surface area contributed by atoms with Crippen LogP contribution >= 0.6 is 11.3 Å². The number of halogens is 1. The first-order chi connectivity index (χ1) is 14.9. The number of carbonyl (C=O) groups is 3. The summed E-state index contributed by atoms with van der Waals surface area (Å²) in [6, 6.07) is 11.0. The second-order valence-corrected chi connectivity index (χ2v) is 8.18. The fourth-order valence-electron chi connectivity index (χ4n) is 3.39. The van der Waals surface area contributed by atoms with Gasteiger partial charge in [0.25, 0.3) is 11.8 Å². The molecule has 4 rings (SSSR count). The summed E-state index contributed by atoms with van der Waals surface area (Å²) in [4.78, 5) is 40.4. The third-order valence-corrected chi connectivity index (χ3v) is 6.05. The molecule has 0 spiro atoms. The number of carbonyl (C=O) groups excluding carboxylic acids is 3. The van der Waals surface area contributed by atoms with Gasteiger partial charge in [0.05, 0.1) is 21.8 Å². The fraction of sp³-hybridized carbons (Fsp3) is 0.227. The molecule has 3 aromatic rings. The van der Waals surface area contributed by atoms with Crippen LogP contribution in [0.25, 0.3) is 0 Å². The van der Waals surface area contributed by atoms with Crippen LogP contribution in [0.2, 0.25) is 0 Å². The Balaban J connectivity index is 1.36. The van der Waals surface area contributed by atoms with Gasteiger partial charge in [-0.25, -0.2) is 4.39 Å². The van der Waals surface area contributed by atoms with E-state index < -0.39 is 5.82 Å². The molecule has 31 heavy (non-hydrogen) atoms. The van der Waals surface area contributed by atoms with Crippen LogP contribution in [0.1, 0.15) is 37.5 Å². The minimum atomic E-state index is -0.442. The number of piperazine rings is 1. The number of thiophene rings is 1. The SMILES string of the molecule is CC(=O)c1ccc(N2CCN(C(=O)c3ccc(NC(=O)c4ccco4)s3)CC2)c(F)c1. The van der Waals surface area contributed by atoms with Gasteiger partial charge in [0, 0.05) is 31.7 Å². The fourth-order valence-corrected chi connectivity index (χ4v) is 4.26. The summed E-state index contributed by atoms with van der Waals surface area (Å²) < 4.78 is 19.5. The lowest BCUT2D eigenvalue weighted by molar-refractivity contribution is 0.0751. The highest BCUT2D eigenvalue weighted by atomic mass is 32.1. The summed E-state index contributed by atoms with van der Waals surface area (Å²) in [6.45, 7) is 3.25. The van der Waals surface area contributed by atoms with Crippen molar-refractivity contribution in [2.75, 3.05) is 36.4 Å². The summed E-state index contributed by atoms with van der Waals surface area (Å²) in [7, 11) is 0. The standard InChI is InChI=1S/C22H20FN3O4S/c1-14(27)15-4-5-17(16(23)13-15)25-8-10-26(11-9-25)22(29)19-6-7-20(31-19)24-21(28)18-3-2-12-30-18/h2-7,12-13H,8-11H2,1H3,(H,24,28). The van der Waals surface area contributed by atoms with Gasteiger partial charge < -0.3 is 19.5 Å². The Morgan fingerprint density at radius 2 is 1.84 bits per heavy atom. The summed E-state index contributed by atoms with van der Waals surface area (Å²) in [6.07, 6.45) is 1.42. The second-order valence-electron chi connectivity index (χ2n) is 7.10. The van der Waals surface area contributed by atoms with Gasteiger partial charge in [-0.05, 0) is 49.4 Å². The molecule has 1 fully saturated rings. The van der Waals surface area contributed by atoms with E-state index in [0.717, 1.165) is 0 Å². The molecule has 0 saturated carbocycles. The number of furan rings is 1. The number of nitrogens with zero attached hydrogens (tertiary/aromatic N) is 2. The van der Waals surface area contributed by atoms with Crippen molar-refractivity contribution in [1.29, 1.82) is 0 Å². The van der Waals surface area contributed by atoms with Crippen molar-refractivity contribution in [2.45, 2.75) is 6.92 Å². The predicted octanol–water partition coefficient (Wildman–Crippen LogP) is 3.90. The Morgan fingerprint density at radius 3 is 2.48 bits per heavy atom. The van der Waals surface area contributed by atoms with Crippen molar-refractivity contribution in [1.82, 2.24) is 4.90 Å². The normalized spacial score (nSPS) is 13.9. The molecule has 1 aromatic carbocycles. The lowest BCUT2D eigenvalue weighted by atomic mass is 10.1. The van der Waals surface area contributed by atoms with Gasteiger partial charge in [0.2, 0.25) is 0 Å². The van der Waals surface area contributed by atoms with Crippen LogP contribution in [-0.2, 0) is 0 Å². The Morgan fingerprint density at radius 1 is 1.06 bits per heavy atom. The Bertz CT molecular complexity index is 1120. The smallest absolute Gasteiger partial charge is 0.291 e. The number of benzene rings is 1. The molecule has 0 bridgehead atoms. The molecular weight excluding hydrogens is 421 g/mol. The van der Waals surface area contributed by atoms with Crippen LogP contribution in [0.5, 0.6) is 0 Å². The summed E-state index contributed by atoms with van der Waals surface area (Å²) in [5.41, 5.74) is 0.763. The van der Waals surface area contributed by atoms with Crippen molar-refractivity contribution in [3.63, 3.8) is 0 Å². The van der Waals surface area contributed by atoms with Crippen LogP contribution < -0.4 is 10.2 Å². The molecule has 0 aliphatic carbocycles. The Kier molecular flexibility index (Phi) is 5.85. The average molecular weight is 441 g/mol. The van der Waals surface area contributed by atoms with Crippen molar-refractivity contribution < 1.29 is 23.2 Å². The number of hydrogen-bond donors (Lipinski definition) is 1. The van der Waals surface area contributed by atoms with Gasteiger partial charge in [-0.3, -0.25) is 14.4 Å². The maximum absolute atomic E-state index is 14.4. The molecule has 2 aromatic heterocycles. The van der Waals surface area contributed by atoms with Crippen molar-refractivity contribution in [3.05, 3.63) is 70.7 Å². The van der Waals surface area contributed by atoms with E-state index in [1.54, 1.807) is 41.3 Å². The monoisotopic (exact) mass is 441 g/mol. The van der Waals surface area contributed by atoms with E-state index in [1.807, 2.05) is 4.90 Å². The van der Waals surface area contributed by atoms with E-state index in [4.69, 9.17) is 4.42 Å². The molecule has 1 saturated heterocycles. The zero-order valence-electron chi connectivity index (χ0n) is 16.8. The summed E-state index contributed by atoms with van der Waals surface area (Å²) in [5, 5.41) is 3.26. The van der Waals surface area contributed by atoms with Gasteiger partial charge in [-0.2, -0.15) is 0 Å². The van der Waals surface area contributed by atoms with Crippen molar-refractivity contribution >= 4 is 39.6 Å². The largest absolute Gasteiger partial charge is 0.459 e. The van der Waals surface area contributed by atoms with Gasteiger partial charge >= 0.3 is 0 Å². The number of hydrogen-bond acceptors (Lipinski definition) is 6. The zero-order chi connectivity index (χ0) is 22.0. The van der Waals surface area contributed by atoms with Gasteiger partial charge in [0.1, 0.15) is 5.82 Å². The molecule has 1 aliphatic heterocycles. The van der Waals surface area contributed by atoms with Crippen LogP contribution in [0, 0.1) is 5.82 Å². The number of Topliss-reactive ketones (excluding diaryl/α,β-unsaturated/α-hetero) is 1. The highest BCUT2D eigenvalue weighted by Gasteiger charge is 2.25. The molecule has 1 aliphatic rings. The molecular formula is C22H20FN3O4S. The van der Waals surface area contributed by atoms with E-state index in [-0.39, 0.29) is 23.4 Å². The number of ketones is 1. The van der Waals surface area contributed by atoms with Gasteiger partial charge in [-0.1, -0.05) is 0 Å². The summed E-state index contributed by atoms with van der Waals surface area (Å²) >= 11 is 1.19. The lowest BCUT2D eigenvalue weighted by Crippen LogP contribution is -2.48. The predicted molar refractivity (Wildman–Crippen MR) is 116 cm³/mol. The minimum absolute atomic E-state index is 0.129. The number of nitrogens with one attached hydrogen (secondary N) is 1. The molecule has 2 amide bonds. The topological polar surface area (TPSA) is 82.9 Å². The van der Waals surface area contributed by atoms with Crippen LogP contribution in [0.4, 0.5) is 15.1 Å². The maximum atomic E-state index is 14.4. The highest BCUT2D eigenvalue weighted by molar-refractivity contribution is 7.18. The zero-order valence-corrected chi connectivity index (χ0v) is 17.6. The molecule has 0 unspecified atom stereocenters. The average Bonchev–Trinajstić information content (AvgIpc) is 3.46. The first-order valence-electron chi connectivity index (χ1n) is 9.72. The first-order valence-corrected chi connectivity index (χ1v) is 10.5. The van der Waals surface area contributed by atoms with Crippen LogP contribution in [0.3, 0.4) is 0 Å². The van der Waals surface area contributed by atoms with Crippen LogP contribution in [-0.4, -0.2) is 48.7 Å². The maximum Gasteiger partial charge on any atom is 0.291 e. The molecule has 0 atom stereocenters. The number of rotatable bonds is 5. The second kappa shape index (κ2) is 8.73. The lowest BCUT2D eigenvalue weighted by Gasteiger charge is -2.36. The molecule has 9 heteroatoms. The first kappa shape index (κ1) is 20.8. The highest BCUT2D eigenvalue weighted by Crippen LogP contribution is 2.26. The molecule has 3 heterocycles. The molecule has 0 radical (unpaired) electrons. The number of amides is 2. The molecule has 1 N–H and O–H groups in total. The third-order valence-electron chi connectivity index (χ3n) is 5.06. The van der Waals surface area contributed by atoms with Gasteiger partial charge in [0.15, 0.2) is 11.5 Å². The van der Waals surface area contributed by atoms with E-state index in [0.29, 0.717) is 47.3 Å². The minimum Gasteiger partial charge on any atom is -0.459 e. The number of anilines is 2.